The maximum Gasteiger partial charge on any atom is 0.166 e. The second-order valence-corrected chi connectivity index (χ2v) is 38.0. The largest absolute Gasteiger partial charge is 0.489 e. The van der Waals surface area contributed by atoms with Crippen LogP contribution in [0.4, 0.5) is 0 Å². The molecule has 672 valence electrons. The summed E-state index contributed by atoms with van der Waals surface area (Å²) < 4.78 is 85.6. The average Bonchev–Trinajstić information content (AvgIpc) is 0.785. The van der Waals surface area contributed by atoms with Crippen LogP contribution in [0.25, 0.3) is 64.6 Å². The maximum absolute atomic E-state index is 7.14. The zero-order valence-corrected chi connectivity index (χ0v) is 81.6. The van der Waals surface area contributed by atoms with Crippen LogP contribution in [0.5, 0.6) is 69.0 Å². The second kappa shape index (κ2) is 49.6. The highest BCUT2D eigenvalue weighted by molar-refractivity contribution is 7.99. The highest BCUT2D eigenvalue weighted by Crippen LogP contribution is 2.55. The monoisotopic (exact) mass is 1810 g/mol. The number of thioether (sulfide) groups is 6. The van der Waals surface area contributed by atoms with E-state index in [1.54, 1.807) is 0 Å². The summed E-state index contributed by atoms with van der Waals surface area (Å²) in [5, 5.41) is 14.0. The van der Waals surface area contributed by atoms with Crippen molar-refractivity contribution in [2.24, 2.45) is 0 Å². The standard InChI is InChI=1S/C108H132O12S6/c1-13-49-109-97-85-61-121-63-87-75-39-27-28-40-76(75)89(101(113-53-17-5)99(87)111-51-15-3)65-123-67-91-79-43-31-32-44-80(79)93(105(117-57-21-9)103(91)115-55-19-7)69-125-71-95-83-47-35-36-48-84(83)96(108(120-60-24-12)107(95)119-59-23-11)72-126-70-94-82-46-34-33-45-81(82)92(104(116-56-20-8)106(94)118-58-22-10)68-124-66-90-78-42-30-29-41-77(78)88(100(112-52-16-4)102(90)114-54-18-6)64-122-62-86(98(97)110-50-14-2)74-38-26-25-37-73(74)85/h25-48H,13-24,49-72H2,1-12H3. The number of ether oxygens (including phenoxy) is 12. The molecular weight excluding hydrogens is 1680 g/mol. The first kappa shape index (κ1) is 95.5. The lowest BCUT2D eigenvalue weighted by atomic mass is 9.98. The summed E-state index contributed by atoms with van der Waals surface area (Å²) in [6.07, 6.45) is 10.1. The molecule has 0 aliphatic carbocycles. The van der Waals surface area contributed by atoms with Crippen molar-refractivity contribution in [3.63, 3.8) is 0 Å². The van der Waals surface area contributed by atoms with Crippen molar-refractivity contribution in [1.82, 2.24) is 0 Å². The third-order valence-electron chi connectivity index (χ3n) is 22.4. The van der Waals surface area contributed by atoms with E-state index in [0.29, 0.717) is 148 Å². The van der Waals surface area contributed by atoms with Crippen molar-refractivity contribution >= 4 is 135 Å². The molecule has 126 heavy (non-hydrogen) atoms. The molecule has 0 amide bonds. The number of fused-ring (bicyclic) bond motifs is 18. The molecule has 12 aromatic carbocycles. The lowest BCUT2D eigenvalue weighted by Crippen LogP contribution is -2.09. The van der Waals surface area contributed by atoms with Crippen LogP contribution in [0.15, 0.2) is 146 Å². The molecule has 0 atom stereocenters. The van der Waals surface area contributed by atoms with E-state index < -0.39 is 0 Å². The van der Waals surface area contributed by atoms with Crippen molar-refractivity contribution in [2.45, 2.75) is 229 Å². The number of hydrogen-bond acceptors (Lipinski definition) is 18. The van der Waals surface area contributed by atoms with Crippen LogP contribution < -0.4 is 56.8 Å². The molecule has 12 aromatic rings. The number of benzene rings is 12. The highest BCUT2D eigenvalue weighted by Gasteiger charge is 2.32. The van der Waals surface area contributed by atoms with Gasteiger partial charge in [0.25, 0.3) is 0 Å². The quantitative estimate of drug-likeness (QED) is 0.0371. The Hall–Kier alpha value is -8.10. The van der Waals surface area contributed by atoms with Crippen LogP contribution in [0, 0.1) is 0 Å². The van der Waals surface area contributed by atoms with Gasteiger partial charge >= 0.3 is 0 Å². The van der Waals surface area contributed by atoms with Gasteiger partial charge in [-0.15, -0.1) is 0 Å². The minimum absolute atomic E-state index is 0.546. The summed E-state index contributed by atoms with van der Waals surface area (Å²) in [6.45, 7) is 32.8. The van der Waals surface area contributed by atoms with Gasteiger partial charge in [-0.25, -0.2) is 0 Å². The molecule has 0 saturated heterocycles. The van der Waals surface area contributed by atoms with E-state index in [2.05, 4.69) is 229 Å². The van der Waals surface area contributed by atoms with E-state index in [0.717, 1.165) is 213 Å². The summed E-state index contributed by atoms with van der Waals surface area (Å²) in [7, 11) is 0. The molecule has 0 unspecified atom stereocenters. The molecule has 12 bridgehead atoms. The molecule has 0 N–H and O–H groups in total. The molecule has 18 heteroatoms. The summed E-state index contributed by atoms with van der Waals surface area (Å²) in [5.41, 5.74) is 13.6. The minimum atomic E-state index is 0.546. The van der Waals surface area contributed by atoms with E-state index in [1.165, 1.54) is 64.6 Å². The molecule has 0 spiro atoms. The fraction of sp³-hybridized carbons (Fsp3) is 0.444. The fourth-order valence-corrected chi connectivity index (χ4v) is 23.2. The molecule has 2 aliphatic rings. The average molecular weight is 1810 g/mol. The number of hydrogen-bond donors (Lipinski definition) is 0. The predicted octanol–water partition coefficient (Wildman–Crippen LogP) is 31.0. The van der Waals surface area contributed by atoms with Gasteiger partial charge in [-0.05, 0) is 142 Å². The Bertz CT molecular complexity index is 4370. The molecule has 0 fully saturated rings. The first-order valence-corrected chi connectivity index (χ1v) is 53.5. The third kappa shape index (κ3) is 22.3. The first-order chi connectivity index (χ1) is 62.2. The van der Waals surface area contributed by atoms with E-state index in [4.69, 9.17) is 56.8 Å². The topological polar surface area (TPSA) is 111 Å². The molecule has 0 aromatic heterocycles. The van der Waals surface area contributed by atoms with E-state index in [1.807, 2.05) is 70.6 Å². The van der Waals surface area contributed by atoms with Crippen LogP contribution in [-0.2, 0) is 69.0 Å². The summed E-state index contributed by atoms with van der Waals surface area (Å²) >= 11 is 11.3. The molecule has 2 heterocycles. The Morgan fingerprint density at radius 3 is 0.294 bits per heavy atom. The van der Waals surface area contributed by atoms with Gasteiger partial charge in [0.1, 0.15) is 0 Å². The van der Waals surface area contributed by atoms with E-state index >= 15 is 0 Å². The fourth-order valence-electron chi connectivity index (χ4n) is 16.7. The number of rotatable bonds is 36. The van der Waals surface area contributed by atoms with Gasteiger partial charge in [0, 0.05) is 136 Å². The van der Waals surface area contributed by atoms with Gasteiger partial charge in [-0.1, -0.05) is 229 Å². The van der Waals surface area contributed by atoms with Crippen molar-refractivity contribution in [3.8, 4) is 69.0 Å². The van der Waals surface area contributed by atoms with E-state index in [9.17, 15) is 0 Å². The highest BCUT2D eigenvalue weighted by atomic mass is 32.2. The van der Waals surface area contributed by atoms with Crippen LogP contribution in [0.1, 0.15) is 227 Å². The van der Waals surface area contributed by atoms with Gasteiger partial charge < -0.3 is 56.8 Å². The Morgan fingerprint density at radius 1 is 0.143 bits per heavy atom. The molecule has 2 aliphatic heterocycles. The Kier molecular flexibility index (Phi) is 37.6. The van der Waals surface area contributed by atoms with Gasteiger partial charge in [-0.3, -0.25) is 0 Å². The van der Waals surface area contributed by atoms with Gasteiger partial charge in [0.2, 0.25) is 0 Å². The normalized spacial score (nSPS) is 13.4. The van der Waals surface area contributed by atoms with Gasteiger partial charge in [-0.2, -0.15) is 70.6 Å². The lowest BCUT2D eigenvalue weighted by molar-refractivity contribution is 0.265. The zero-order chi connectivity index (χ0) is 87.9. The predicted molar refractivity (Wildman–Crippen MR) is 543 cm³/mol. The first-order valence-electron chi connectivity index (χ1n) is 46.6. The van der Waals surface area contributed by atoms with E-state index in [-0.39, 0.29) is 0 Å². The van der Waals surface area contributed by atoms with Crippen LogP contribution >= 0.6 is 70.6 Å². The van der Waals surface area contributed by atoms with Crippen molar-refractivity contribution in [2.75, 3.05) is 79.3 Å². The molecule has 0 saturated carbocycles. The van der Waals surface area contributed by atoms with Crippen LogP contribution in [0.2, 0.25) is 0 Å². The zero-order valence-electron chi connectivity index (χ0n) is 76.7. The van der Waals surface area contributed by atoms with Crippen molar-refractivity contribution < 1.29 is 56.8 Å². The van der Waals surface area contributed by atoms with Gasteiger partial charge in [0.15, 0.2) is 69.0 Å². The molecule has 12 nitrogen and oxygen atoms in total. The van der Waals surface area contributed by atoms with Crippen LogP contribution in [0.3, 0.4) is 0 Å². The third-order valence-corrected chi connectivity index (χ3v) is 28.3. The summed E-state index contributed by atoms with van der Waals surface area (Å²) in [6, 6.07) is 53.6. The lowest BCUT2D eigenvalue weighted by Gasteiger charge is -2.25. The summed E-state index contributed by atoms with van der Waals surface area (Å²) in [5.74, 6) is 17.9. The van der Waals surface area contributed by atoms with Gasteiger partial charge in [0.05, 0.1) is 79.3 Å². The second-order valence-electron chi connectivity index (χ2n) is 32.1. The maximum atomic E-state index is 7.14. The molecular formula is C108H132O12S6. The van der Waals surface area contributed by atoms with Crippen molar-refractivity contribution in [3.05, 3.63) is 212 Å². The minimum Gasteiger partial charge on any atom is -0.489 e. The SMILES string of the molecule is CCCOc1c(OCCC)c2c3ccccc3c1CSCc1c(OCCC)c(OCCC)c(c3ccccc13)CSCc1c(OCCC)c(OCCC)c(c3ccccc13)CSCc1c(OCCC)c(OCCC)c(c3ccccc13)CSCc1c(OCCC)c(OCCC)c(c3ccccc13)CSCc1c(OCCC)c(OCCC)c(c3ccccc13)CSC2. The Morgan fingerprint density at radius 2 is 0.222 bits per heavy atom. The van der Waals surface area contributed by atoms with Crippen molar-refractivity contribution in [1.29, 1.82) is 0 Å². The molecule has 0 radical (unpaired) electrons. The Balaban J connectivity index is 0.988. The van der Waals surface area contributed by atoms with Crippen LogP contribution in [-0.4, -0.2) is 79.3 Å². The summed E-state index contributed by atoms with van der Waals surface area (Å²) in [4.78, 5) is 0. The smallest absolute Gasteiger partial charge is 0.166 e. The Labute approximate surface area is 775 Å². The molecule has 14 rings (SSSR count).